The highest BCUT2D eigenvalue weighted by molar-refractivity contribution is 5.72. The highest BCUT2D eigenvalue weighted by Crippen LogP contribution is 2.50. The number of aryl methyl sites for hydroxylation is 1. The molecule has 2 nitrogen and oxygen atoms in total. The van der Waals surface area contributed by atoms with Gasteiger partial charge in [0.15, 0.2) is 0 Å². The second-order valence-corrected chi connectivity index (χ2v) is 6.53. The molecular formula is C19H22F2N2. The molecular weight excluding hydrogens is 294 g/mol. The first-order chi connectivity index (χ1) is 10.9. The summed E-state index contributed by atoms with van der Waals surface area (Å²) in [4.78, 5) is 6.15. The van der Waals surface area contributed by atoms with Crippen LogP contribution in [0.4, 0.5) is 20.2 Å². The monoisotopic (exact) mass is 316 g/mol. The van der Waals surface area contributed by atoms with Crippen molar-refractivity contribution in [3.63, 3.8) is 0 Å². The molecule has 2 heterocycles. The third-order valence-corrected chi connectivity index (χ3v) is 5.16. The summed E-state index contributed by atoms with van der Waals surface area (Å²) < 4.78 is 29.4. The number of fused-ring (bicyclic) bond motifs is 1. The lowest BCUT2D eigenvalue weighted by Gasteiger charge is -2.49. The zero-order valence-corrected chi connectivity index (χ0v) is 14.0. The molecule has 0 N–H and O–H groups in total. The van der Waals surface area contributed by atoms with Gasteiger partial charge >= 0.3 is 0 Å². The lowest BCUT2D eigenvalue weighted by Crippen LogP contribution is -2.53. The van der Waals surface area contributed by atoms with Crippen LogP contribution in [0.2, 0.25) is 0 Å². The van der Waals surface area contributed by atoms with Gasteiger partial charge in [-0.3, -0.25) is 4.98 Å². The minimum Gasteiger partial charge on any atom is -0.335 e. The Kier molecular flexibility index (Phi) is 3.86. The Morgan fingerprint density at radius 2 is 2.00 bits per heavy atom. The highest BCUT2D eigenvalue weighted by Gasteiger charge is 2.48. The predicted octanol–water partition coefficient (Wildman–Crippen LogP) is 5.29. The molecule has 122 valence electrons. The smallest absolute Gasteiger partial charge is 0.135 e. The van der Waals surface area contributed by atoms with Gasteiger partial charge in [-0.1, -0.05) is 13.8 Å². The fraction of sp³-hybridized carbons (Fsp3) is 0.421. The molecule has 0 spiro atoms. The summed E-state index contributed by atoms with van der Waals surface area (Å²) in [7, 11) is 0. The molecule has 0 radical (unpaired) electrons. The van der Waals surface area contributed by atoms with Gasteiger partial charge in [0.25, 0.3) is 0 Å². The van der Waals surface area contributed by atoms with Crippen molar-refractivity contribution < 1.29 is 8.78 Å². The number of rotatable bonds is 2. The lowest BCUT2D eigenvalue weighted by atomic mass is 9.74. The number of benzene rings is 1. The third-order valence-electron chi connectivity index (χ3n) is 5.16. The number of aromatic nitrogens is 1. The van der Waals surface area contributed by atoms with E-state index in [1.165, 1.54) is 12.1 Å². The molecule has 2 aromatic rings. The molecule has 3 atom stereocenters. The van der Waals surface area contributed by atoms with Gasteiger partial charge in [-0.15, -0.1) is 0 Å². The van der Waals surface area contributed by atoms with Gasteiger partial charge in [0, 0.05) is 29.7 Å². The normalized spacial score (nSPS) is 27.0. The number of hydrogen-bond acceptors (Lipinski definition) is 2. The lowest BCUT2D eigenvalue weighted by molar-refractivity contribution is 0.107. The standard InChI is InChI=1S/C19H22F2N2/c1-5-18-19(4,21)13(3)15-10-14(20)6-7-17(15)23(18)16-8-9-22-11-12(16)2/h6-11,13,18H,5H2,1-4H3. The van der Waals surface area contributed by atoms with Crippen LogP contribution in [-0.4, -0.2) is 16.7 Å². The van der Waals surface area contributed by atoms with E-state index in [0.29, 0.717) is 6.42 Å². The van der Waals surface area contributed by atoms with E-state index in [9.17, 15) is 4.39 Å². The van der Waals surface area contributed by atoms with Crippen molar-refractivity contribution in [3.05, 3.63) is 53.6 Å². The van der Waals surface area contributed by atoms with Crippen LogP contribution < -0.4 is 4.90 Å². The molecule has 1 aromatic carbocycles. The van der Waals surface area contributed by atoms with E-state index in [1.807, 2.05) is 31.7 Å². The van der Waals surface area contributed by atoms with E-state index in [1.54, 1.807) is 25.4 Å². The SMILES string of the molecule is CCC1N(c2ccncc2C)c2ccc(F)cc2C(C)C1(C)F. The fourth-order valence-electron chi connectivity index (χ4n) is 3.72. The second kappa shape index (κ2) is 5.59. The average molecular weight is 316 g/mol. The zero-order chi connectivity index (χ0) is 16.8. The zero-order valence-electron chi connectivity index (χ0n) is 14.0. The maximum Gasteiger partial charge on any atom is 0.135 e. The molecule has 3 unspecified atom stereocenters. The van der Waals surface area contributed by atoms with Crippen molar-refractivity contribution in [2.75, 3.05) is 4.90 Å². The summed E-state index contributed by atoms with van der Waals surface area (Å²) >= 11 is 0. The van der Waals surface area contributed by atoms with Gasteiger partial charge in [-0.05, 0) is 55.7 Å². The van der Waals surface area contributed by atoms with Crippen molar-refractivity contribution in [2.24, 2.45) is 0 Å². The molecule has 1 aromatic heterocycles. The van der Waals surface area contributed by atoms with Gasteiger partial charge in [-0.25, -0.2) is 8.78 Å². The van der Waals surface area contributed by atoms with Crippen LogP contribution in [0, 0.1) is 12.7 Å². The highest BCUT2D eigenvalue weighted by atomic mass is 19.1. The maximum absolute atomic E-state index is 15.6. The van der Waals surface area contributed by atoms with Crippen LogP contribution in [-0.2, 0) is 0 Å². The molecule has 1 aliphatic rings. The molecule has 0 saturated carbocycles. The van der Waals surface area contributed by atoms with E-state index < -0.39 is 5.67 Å². The number of hydrogen-bond donors (Lipinski definition) is 0. The van der Waals surface area contributed by atoms with Gasteiger partial charge in [-0.2, -0.15) is 0 Å². The number of anilines is 2. The van der Waals surface area contributed by atoms with Crippen molar-refractivity contribution in [1.82, 2.24) is 4.98 Å². The van der Waals surface area contributed by atoms with Crippen molar-refractivity contribution in [2.45, 2.75) is 51.7 Å². The first kappa shape index (κ1) is 15.9. The number of halogens is 2. The van der Waals surface area contributed by atoms with Crippen LogP contribution in [0.3, 0.4) is 0 Å². The number of alkyl halides is 1. The molecule has 3 rings (SSSR count). The fourth-order valence-corrected chi connectivity index (χ4v) is 3.72. The van der Waals surface area contributed by atoms with Crippen molar-refractivity contribution >= 4 is 11.4 Å². The Balaban J connectivity index is 2.28. The Morgan fingerprint density at radius 1 is 1.26 bits per heavy atom. The molecule has 0 aliphatic carbocycles. The predicted molar refractivity (Wildman–Crippen MR) is 89.5 cm³/mol. The van der Waals surface area contributed by atoms with E-state index >= 15 is 4.39 Å². The molecule has 4 heteroatoms. The molecule has 0 saturated heterocycles. The second-order valence-electron chi connectivity index (χ2n) is 6.53. The van der Waals surface area contributed by atoms with Crippen LogP contribution in [0.5, 0.6) is 0 Å². The first-order valence-electron chi connectivity index (χ1n) is 8.06. The van der Waals surface area contributed by atoms with Crippen LogP contribution in [0.25, 0.3) is 0 Å². The number of nitrogens with zero attached hydrogens (tertiary/aromatic N) is 2. The summed E-state index contributed by atoms with van der Waals surface area (Å²) in [6, 6.07) is 6.27. The van der Waals surface area contributed by atoms with Crippen molar-refractivity contribution in [3.8, 4) is 0 Å². The van der Waals surface area contributed by atoms with Gasteiger partial charge in [0.05, 0.1) is 6.04 Å². The van der Waals surface area contributed by atoms with E-state index in [0.717, 1.165) is 22.5 Å². The Hall–Kier alpha value is -1.97. The van der Waals surface area contributed by atoms with E-state index in [4.69, 9.17) is 0 Å². The van der Waals surface area contributed by atoms with Crippen LogP contribution in [0.1, 0.15) is 44.2 Å². The largest absolute Gasteiger partial charge is 0.335 e. The molecule has 0 fully saturated rings. The summed E-state index contributed by atoms with van der Waals surface area (Å²) in [5, 5.41) is 0. The van der Waals surface area contributed by atoms with E-state index in [-0.39, 0.29) is 17.8 Å². The molecule has 0 amide bonds. The summed E-state index contributed by atoms with van der Waals surface area (Å²) in [6.07, 6.45) is 4.15. The minimum atomic E-state index is -1.45. The Morgan fingerprint density at radius 3 is 2.65 bits per heavy atom. The molecule has 1 aliphatic heterocycles. The first-order valence-corrected chi connectivity index (χ1v) is 8.06. The van der Waals surface area contributed by atoms with Gasteiger partial charge < -0.3 is 4.90 Å². The van der Waals surface area contributed by atoms with E-state index in [2.05, 4.69) is 4.98 Å². The van der Waals surface area contributed by atoms with Crippen LogP contribution >= 0.6 is 0 Å². The van der Waals surface area contributed by atoms with Crippen LogP contribution in [0.15, 0.2) is 36.7 Å². The topological polar surface area (TPSA) is 16.1 Å². The average Bonchev–Trinajstić information content (AvgIpc) is 2.52. The third kappa shape index (κ3) is 2.41. The number of pyridine rings is 1. The summed E-state index contributed by atoms with van der Waals surface area (Å²) in [5.74, 6) is -0.690. The molecule has 0 bridgehead atoms. The summed E-state index contributed by atoms with van der Waals surface area (Å²) in [5.41, 5.74) is 2.05. The Labute approximate surface area is 136 Å². The quantitative estimate of drug-likeness (QED) is 0.748. The van der Waals surface area contributed by atoms with Gasteiger partial charge in [0.2, 0.25) is 0 Å². The molecule has 23 heavy (non-hydrogen) atoms. The van der Waals surface area contributed by atoms with Gasteiger partial charge in [0.1, 0.15) is 11.5 Å². The summed E-state index contributed by atoms with van der Waals surface area (Å²) in [6.45, 7) is 7.43. The maximum atomic E-state index is 15.6. The minimum absolute atomic E-state index is 0.309. The van der Waals surface area contributed by atoms with Crippen molar-refractivity contribution in [1.29, 1.82) is 0 Å². The Bertz CT molecular complexity index is 727.